The molecule has 5 nitrogen and oxygen atoms in total. The minimum atomic E-state index is -1.28. The number of anilines is 1. The molecule has 0 aromatic heterocycles. The van der Waals surface area contributed by atoms with Gasteiger partial charge in [-0.05, 0) is 19.1 Å². The molecule has 0 aliphatic carbocycles. The molecule has 0 fully saturated rings. The van der Waals surface area contributed by atoms with Crippen molar-refractivity contribution in [2.45, 2.75) is 13.0 Å². The van der Waals surface area contributed by atoms with Crippen molar-refractivity contribution in [3.63, 3.8) is 0 Å². The van der Waals surface area contributed by atoms with Gasteiger partial charge in [0.2, 0.25) is 0 Å². The third-order valence-electron chi connectivity index (χ3n) is 1.90. The summed E-state index contributed by atoms with van der Waals surface area (Å²) in [7, 11) is 0. The summed E-state index contributed by atoms with van der Waals surface area (Å²) < 4.78 is 4.65. The molecule has 92 valence electrons. The third kappa shape index (κ3) is 3.25. The van der Waals surface area contributed by atoms with E-state index in [1.54, 1.807) is 0 Å². The topological polar surface area (TPSA) is 89.6 Å². The fourth-order valence-corrected chi connectivity index (χ4v) is 1.45. The molecule has 1 aromatic rings. The van der Waals surface area contributed by atoms with Crippen molar-refractivity contribution in [3.8, 4) is 0 Å². The van der Waals surface area contributed by atoms with Gasteiger partial charge in [0.1, 0.15) is 0 Å². The van der Waals surface area contributed by atoms with E-state index in [0.29, 0.717) is 0 Å². The number of carbonyl (C=O) groups excluding carboxylic acids is 1. The quantitative estimate of drug-likeness (QED) is 0.653. The highest BCUT2D eigenvalue weighted by atomic mass is 35.5. The normalized spacial score (nSPS) is 11.9. The molecule has 0 aliphatic heterocycles. The van der Waals surface area contributed by atoms with Crippen molar-refractivity contribution in [2.75, 3.05) is 5.73 Å². The van der Waals surface area contributed by atoms with Crippen LogP contribution in [-0.4, -0.2) is 23.1 Å². The molecule has 0 radical (unpaired) electrons. The van der Waals surface area contributed by atoms with Gasteiger partial charge in [0.25, 0.3) is 0 Å². The first-order valence-corrected chi connectivity index (χ1v) is 5.26. The summed E-state index contributed by atoms with van der Waals surface area (Å²) in [4.78, 5) is 22.1. The van der Waals surface area contributed by atoms with Gasteiger partial charge in [-0.25, -0.2) is 9.59 Å². The Kier molecular flexibility index (Phi) is 4.20. The molecule has 0 heterocycles. The summed E-state index contributed by atoms with van der Waals surface area (Å²) in [5.74, 6) is -2.15. The molecule has 1 unspecified atom stereocenters. The highest BCUT2D eigenvalue weighted by molar-refractivity contribution is 6.44. The number of nitrogens with two attached hydrogens (primary N) is 1. The van der Waals surface area contributed by atoms with Crippen LogP contribution in [0.25, 0.3) is 0 Å². The zero-order chi connectivity index (χ0) is 13.2. The van der Waals surface area contributed by atoms with Crippen molar-refractivity contribution in [1.29, 1.82) is 0 Å². The minimum Gasteiger partial charge on any atom is -0.479 e. The maximum atomic E-state index is 11.6. The number of rotatable bonds is 3. The molecule has 7 heteroatoms. The molecule has 0 saturated carbocycles. The van der Waals surface area contributed by atoms with Crippen LogP contribution in [0.15, 0.2) is 12.1 Å². The van der Waals surface area contributed by atoms with E-state index in [2.05, 4.69) is 4.74 Å². The van der Waals surface area contributed by atoms with Crippen molar-refractivity contribution < 1.29 is 19.4 Å². The Morgan fingerprint density at radius 2 is 2.00 bits per heavy atom. The summed E-state index contributed by atoms with van der Waals surface area (Å²) in [5, 5.41) is 8.67. The van der Waals surface area contributed by atoms with E-state index < -0.39 is 18.0 Å². The average molecular weight is 278 g/mol. The Morgan fingerprint density at radius 3 is 2.53 bits per heavy atom. The fourth-order valence-electron chi connectivity index (χ4n) is 1.03. The minimum absolute atomic E-state index is 0.0246. The molecule has 1 rings (SSSR count). The number of carboxylic acids is 1. The van der Waals surface area contributed by atoms with Gasteiger partial charge in [-0.15, -0.1) is 0 Å². The molecule has 0 bridgehead atoms. The number of hydrogen-bond donors (Lipinski definition) is 2. The van der Waals surface area contributed by atoms with Crippen LogP contribution in [0.5, 0.6) is 0 Å². The first kappa shape index (κ1) is 13.6. The van der Waals surface area contributed by atoms with E-state index in [9.17, 15) is 9.59 Å². The predicted molar refractivity (Wildman–Crippen MR) is 63.4 cm³/mol. The maximum Gasteiger partial charge on any atom is 0.344 e. The lowest BCUT2D eigenvalue weighted by Gasteiger charge is -2.10. The van der Waals surface area contributed by atoms with Gasteiger partial charge in [0.15, 0.2) is 6.10 Å². The molecule has 1 atom stereocenters. The van der Waals surface area contributed by atoms with E-state index in [1.807, 2.05) is 0 Å². The van der Waals surface area contributed by atoms with Crippen LogP contribution >= 0.6 is 23.2 Å². The van der Waals surface area contributed by atoms with Crippen LogP contribution in [0, 0.1) is 0 Å². The van der Waals surface area contributed by atoms with Gasteiger partial charge in [-0.3, -0.25) is 0 Å². The number of halogens is 2. The molecule has 0 aliphatic rings. The number of nitrogen functional groups attached to an aromatic ring is 1. The summed E-state index contributed by atoms with van der Waals surface area (Å²) >= 11 is 11.5. The lowest BCUT2D eigenvalue weighted by Crippen LogP contribution is -2.23. The Morgan fingerprint density at radius 1 is 1.41 bits per heavy atom. The highest BCUT2D eigenvalue weighted by Gasteiger charge is 2.21. The van der Waals surface area contributed by atoms with Gasteiger partial charge in [0, 0.05) is 5.69 Å². The van der Waals surface area contributed by atoms with E-state index in [-0.39, 0.29) is 21.3 Å². The number of aliphatic carboxylic acids is 1. The van der Waals surface area contributed by atoms with Gasteiger partial charge >= 0.3 is 11.9 Å². The average Bonchev–Trinajstić information content (AvgIpc) is 2.22. The third-order valence-corrected chi connectivity index (χ3v) is 2.70. The Hall–Kier alpha value is -1.46. The second-order valence-corrected chi connectivity index (χ2v) is 4.04. The molecule has 17 heavy (non-hydrogen) atoms. The lowest BCUT2D eigenvalue weighted by molar-refractivity contribution is -0.146. The van der Waals surface area contributed by atoms with Crippen LogP contribution in [0.4, 0.5) is 5.69 Å². The van der Waals surface area contributed by atoms with E-state index in [4.69, 9.17) is 34.0 Å². The molecule has 0 spiro atoms. The Labute approximate surface area is 107 Å². The fraction of sp³-hybridized carbons (Fsp3) is 0.200. The van der Waals surface area contributed by atoms with Crippen LogP contribution < -0.4 is 5.73 Å². The predicted octanol–water partition coefficient (Wildman–Crippen LogP) is 2.21. The second kappa shape index (κ2) is 5.25. The number of hydrogen-bond acceptors (Lipinski definition) is 4. The van der Waals surface area contributed by atoms with Gasteiger partial charge in [0.05, 0.1) is 15.6 Å². The van der Waals surface area contributed by atoms with Crippen LogP contribution in [0.1, 0.15) is 17.3 Å². The summed E-state index contributed by atoms with van der Waals surface area (Å²) in [6.07, 6.45) is -1.28. The lowest BCUT2D eigenvalue weighted by atomic mass is 10.2. The van der Waals surface area contributed by atoms with Gasteiger partial charge in [-0.1, -0.05) is 23.2 Å². The van der Waals surface area contributed by atoms with Crippen molar-refractivity contribution in [1.82, 2.24) is 0 Å². The zero-order valence-electron chi connectivity index (χ0n) is 8.74. The molecular formula is C10H9Cl2NO4. The van der Waals surface area contributed by atoms with Crippen LogP contribution in [0.3, 0.4) is 0 Å². The number of benzene rings is 1. The molecular weight excluding hydrogens is 269 g/mol. The van der Waals surface area contributed by atoms with Crippen molar-refractivity contribution >= 4 is 40.8 Å². The van der Waals surface area contributed by atoms with E-state index >= 15 is 0 Å². The largest absolute Gasteiger partial charge is 0.479 e. The maximum absolute atomic E-state index is 11.6. The standard InChI is InChI=1S/C10H9Cl2NO4/c1-4(9(14)15)17-10(16)6-2-5(13)3-7(11)8(6)12/h2-4H,13H2,1H3,(H,14,15). The number of carbonyl (C=O) groups is 2. The van der Waals surface area contributed by atoms with Gasteiger partial charge in [-0.2, -0.15) is 0 Å². The van der Waals surface area contributed by atoms with E-state index in [0.717, 1.165) is 0 Å². The molecule has 0 saturated heterocycles. The summed E-state index contributed by atoms with van der Waals surface area (Å²) in [6.45, 7) is 1.22. The smallest absolute Gasteiger partial charge is 0.344 e. The van der Waals surface area contributed by atoms with Gasteiger partial charge < -0.3 is 15.6 Å². The molecule has 3 N–H and O–H groups in total. The Bertz CT molecular complexity index is 476. The molecule has 1 aromatic carbocycles. The molecule has 0 amide bonds. The number of carboxylic acid groups (broad SMARTS) is 1. The monoisotopic (exact) mass is 277 g/mol. The second-order valence-electron chi connectivity index (χ2n) is 3.25. The van der Waals surface area contributed by atoms with Crippen molar-refractivity contribution in [2.24, 2.45) is 0 Å². The zero-order valence-corrected chi connectivity index (χ0v) is 10.2. The number of ether oxygens (including phenoxy) is 1. The summed E-state index contributed by atoms with van der Waals surface area (Å²) in [6, 6.07) is 2.65. The SMILES string of the molecule is CC(OC(=O)c1cc(N)cc(Cl)c1Cl)C(=O)O. The van der Waals surface area contributed by atoms with Crippen molar-refractivity contribution in [3.05, 3.63) is 27.7 Å². The highest BCUT2D eigenvalue weighted by Crippen LogP contribution is 2.29. The van der Waals surface area contributed by atoms with E-state index in [1.165, 1.54) is 19.1 Å². The number of esters is 1. The Balaban J connectivity index is 3.01. The first-order valence-electron chi connectivity index (χ1n) is 4.51. The van der Waals surface area contributed by atoms with Crippen LogP contribution in [0.2, 0.25) is 10.0 Å². The summed E-state index contributed by atoms with van der Waals surface area (Å²) in [5.41, 5.74) is 5.66. The van der Waals surface area contributed by atoms with Crippen LogP contribution in [-0.2, 0) is 9.53 Å². The first-order chi connectivity index (χ1) is 7.82.